The maximum atomic E-state index is 12.7. The summed E-state index contributed by atoms with van der Waals surface area (Å²) in [6.07, 6.45) is 8.08. The Hall–Kier alpha value is -1.65. The zero-order valence-electron chi connectivity index (χ0n) is 17.5. The molecule has 0 radical (unpaired) electrons. The van der Waals surface area contributed by atoms with E-state index in [-0.39, 0.29) is 40.6 Å². The summed E-state index contributed by atoms with van der Waals surface area (Å²) in [5.41, 5.74) is 1.33. The van der Waals surface area contributed by atoms with Crippen LogP contribution in [0.3, 0.4) is 0 Å². The van der Waals surface area contributed by atoms with Crippen molar-refractivity contribution < 1.29 is 23.9 Å². The van der Waals surface area contributed by atoms with Gasteiger partial charge in [0.2, 0.25) is 0 Å². The highest BCUT2D eigenvalue weighted by molar-refractivity contribution is 5.89. The fraction of sp³-hybridized carbons (Fsp3) is 0.783. The van der Waals surface area contributed by atoms with Gasteiger partial charge in [-0.2, -0.15) is 0 Å². The molecule has 5 nitrogen and oxygen atoms in total. The normalized spacial score (nSPS) is 44.6. The van der Waals surface area contributed by atoms with Gasteiger partial charge in [-0.05, 0) is 55.3 Å². The third-order valence-corrected chi connectivity index (χ3v) is 8.43. The average Bonchev–Trinajstić information content (AvgIpc) is 2.85. The Kier molecular flexibility index (Phi) is 4.71. The molecule has 0 aromatic rings. The number of ketones is 1. The molecule has 0 N–H and O–H groups in total. The third-order valence-electron chi connectivity index (χ3n) is 8.43. The molecule has 0 aromatic heterocycles. The van der Waals surface area contributed by atoms with Crippen LogP contribution in [-0.2, 0) is 23.9 Å². The van der Waals surface area contributed by atoms with E-state index in [1.165, 1.54) is 19.4 Å². The highest BCUT2D eigenvalue weighted by Gasteiger charge is 2.62. The van der Waals surface area contributed by atoms with Gasteiger partial charge in [-0.3, -0.25) is 14.4 Å². The molecule has 0 unspecified atom stereocenters. The first-order valence-electron chi connectivity index (χ1n) is 10.7. The van der Waals surface area contributed by atoms with Crippen LogP contribution in [0.2, 0.25) is 0 Å². The second-order valence-electron chi connectivity index (χ2n) is 9.94. The van der Waals surface area contributed by atoms with Gasteiger partial charge in [-0.25, -0.2) is 0 Å². The Morgan fingerprint density at radius 1 is 1.00 bits per heavy atom. The summed E-state index contributed by atoms with van der Waals surface area (Å²) in [6, 6.07) is 0. The molecule has 3 fully saturated rings. The van der Waals surface area contributed by atoms with E-state index in [4.69, 9.17) is 9.47 Å². The predicted octanol–water partition coefficient (Wildman–Crippen LogP) is 3.99. The first-order valence-corrected chi connectivity index (χ1v) is 10.7. The molecule has 4 rings (SSSR count). The van der Waals surface area contributed by atoms with Crippen molar-refractivity contribution in [3.05, 3.63) is 11.6 Å². The molecule has 0 saturated heterocycles. The second-order valence-corrected chi connectivity index (χ2v) is 9.94. The topological polar surface area (TPSA) is 69.7 Å². The van der Waals surface area contributed by atoms with Crippen LogP contribution in [-0.4, -0.2) is 29.9 Å². The number of esters is 2. The van der Waals surface area contributed by atoms with Crippen LogP contribution in [0.25, 0.3) is 0 Å². The minimum absolute atomic E-state index is 0.00337. The summed E-state index contributed by atoms with van der Waals surface area (Å²) in [7, 11) is 0. The monoisotopic (exact) mass is 388 g/mol. The quantitative estimate of drug-likeness (QED) is 0.528. The lowest BCUT2D eigenvalue weighted by molar-refractivity contribution is -0.161. The van der Waals surface area contributed by atoms with Gasteiger partial charge in [0.1, 0.15) is 6.10 Å². The zero-order valence-corrected chi connectivity index (χ0v) is 17.5. The van der Waals surface area contributed by atoms with Gasteiger partial charge < -0.3 is 9.47 Å². The number of hydrogen-bond acceptors (Lipinski definition) is 5. The minimum Gasteiger partial charge on any atom is -0.462 e. The molecule has 0 spiro atoms. The van der Waals surface area contributed by atoms with Crippen LogP contribution in [0, 0.1) is 28.6 Å². The lowest BCUT2D eigenvalue weighted by Crippen LogP contribution is -2.52. The van der Waals surface area contributed by atoms with E-state index in [9.17, 15) is 14.4 Å². The van der Waals surface area contributed by atoms with Crippen molar-refractivity contribution >= 4 is 17.7 Å². The molecular weight excluding hydrogens is 356 g/mol. The predicted molar refractivity (Wildman–Crippen MR) is 103 cm³/mol. The molecule has 0 aromatic carbocycles. The smallest absolute Gasteiger partial charge is 0.303 e. The van der Waals surface area contributed by atoms with Gasteiger partial charge in [0, 0.05) is 32.1 Å². The van der Waals surface area contributed by atoms with Gasteiger partial charge in [-0.15, -0.1) is 0 Å². The summed E-state index contributed by atoms with van der Waals surface area (Å²) in [5, 5.41) is 0. The van der Waals surface area contributed by atoms with E-state index in [0.717, 1.165) is 38.5 Å². The summed E-state index contributed by atoms with van der Waals surface area (Å²) < 4.78 is 11.0. The molecule has 4 aliphatic rings. The van der Waals surface area contributed by atoms with Crippen molar-refractivity contribution in [1.82, 2.24) is 0 Å². The Morgan fingerprint density at radius 3 is 2.39 bits per heavy atom. The van der Waals surface area contributed by atoms with Crippen molar-refractivity contribution in [2.45, 2.75) is 84.8 Å². The number of carbonyl (C=O) groups is 3. The lowest BCUT2D eigenvalue weighted by atomic mass is 9.48. The van der Waals surface area contributed by atoms with Crippen LogP contribution >= 0.6 is 0 Å². The van der Waals surface area contributed by atoms with Gasteiger partial charge >= 0.3 is 11.9 Å². The number of ether oxygens (including phenoxy) is 2. The number of allylic oxidation sites excluding steroid dienone is 1. The van der Waals surface area contributed by atoms with Crippen LogP contribution in [0.4, 0.5) is 0 Å². The van der Waals surface area contributed by atoms with Gasteiger partial charge in [-0.1, -0.05) is 25.5 Å². The van der Waals surface area contributed by atoms with Crippen LogP contribution < -0.4 is 0 Å². The first-order chi connectivity index (χ1) is 13.1. The largest absolute Gasteiger partial charge is 0.462 e. The molecule has 5 heteroatoms. The van der Waals surface area contributed by atoms with E-state index in [0.29, 0.717) is 18.3 Å². The number of carbonyl (C=O) groups excluding carboxylic acids is 3. The molecule has 3 saturated carbocycles. The second kappa shape index (κ2) is 6.70. The van der Waals surface area contributed by atoms with Gasteiger partial charge in [0.05, 0.1) is 0 Å². The molecule has 154 valence electrons. The summed E-state index contributed by atoms with van der Waals surface area (Å²) in [4.78, 5) is 35.7. The molecular formula is C23H32O5. The Morgan fingerprint density at radius 2 is 1.71 bits per heavy atom. The molecule has 0 bridgehead atoms. The van der Waals surface area contributed by atoms with Crippen molar-refractivity contribution in [2.24, 2.45) is 28.6 Å². The van der Waals surface area contributed by atoms with Crippen molar-refractivity contribution in [2.75, 3.05) is 0 Å². The van der Waals surface area contributed by atoms with Crippen LogP contribution in [0.5, 0.6) is 0 Å². The standard InChI is InChI=1S/C23H32O5/c1-13(24)27-16-7-9-22(3)15(11-16)5-6-17-18(22)8-10-23(4)19(17)12-20(26)21(23)28-14(2)25/h5,16-19,21H,6-12H2,1-4H3/t16-,17+,18+,19-,21-,22-,23-/m0/s1. The molecule has 0 heterocycles. The molecule has 28 heavy (non-hydrogen) atoms. The number of Topliss-reactive ketones (excluding diaryl/α,β-unsaturated/α-hetero) is 1. The minimum atomic E-state index is -0.575. The SMILES string of the molecule is CC(=O)O[C@H]1CC[C@@]2(C)C(=CC[C@@H]3[C@H]2CC[C@]2(C)[C@@H](OC(C)=O)C(=O)C[C@@H]32)C1. The van der Waals surface area contributed by atoms with Crippen LogP contribution in [0.15, 0.2) is 11.6 Å². The molecule has 7 atom stereocenters. The summed E-state index contributed by atoms with van der Waals surface area (Å²) >= 11 is 0. The highest BCUT2D eigenvalue weighted by atomic mass is 16.5. The number of fused-ring (bicyclic) bond motifs is 5. The van der Waals surface area contributed by atoms with Crippen molar-refractivity contribution in [1.29, 1.82) is 0 Å². The first kappa shape index (κ1) is 19.7. The number of rotatable bonds is 2. The van der Waals surface area contributed by atoms with E-state index in [1.807, 2.05) is 0 Å². The summed E-state index contributed by atoms with van der Waals surface area (Å²) in [5.74, 6) is 0.835. The van der Waals surface area contributed by atoms with E-state index >= 15 is 0 Å². The average molecular weight is 389 g/mol. The van der Waals surface area contributed by atoms with Crippen molar-refractivity contribution in [3.8, 4) is 0 Å². The lowest BCUT2D eigenvalue weighted by Gasteiger charge is -2.57. The maximum absolute atomic E-state index is 12.7. The molecule has 0 aliphatic heterocycles. The Balaban J connectivity index is 1.59. The fourth-order valence-corrected chi connectivity index (χ4v) is 7.08. The Bertz CT molecular complexity index is 739. The number of hydrogen-bond donors (Lipinski definition) is 0. The molecule has 4 aliphatic carbocycles. The van der Waals surface area contributed by atoms with Crippen LogP contribution in [0.1, 0.15) is 72.6 Å². The van der Waals surface area contributed by atoms with Gasteiger partial charge in [0.25, 0.3) is 0 Å². The van der Waals surface area contributed by atoms with E-state index in [1.54, 1.807) is 0 Å². The van der Waals surface area contributed by atoms with Gasteiger partial charge in [0.15, 0.2) is 11.9 Å². The maximum Gasteiger partial charge on any atom is 0.303 e. The zero-order chi connectivity index (χ0) is 20.3. The highest BCUT2D eigenvalue weighted by Crippen LogP contribution is 2.64. The fourth-order valence-electron chi connectivity index (χ4n) is 7.08. The Labute approximate surface area is 167 Å². The van der Waals surface area contributed by atoms with E-state index < -0.39 is 6.10 Å². The van der Waals surface area contributed by atoms with Crippen molar-refractivity contribution in [3.63, 3.8) is 0 Å². The summed E-state index contributed by atoms with van der Waals surface area (Å²) in [6.45, 7) is 7.42. The molecule has 0 amide bonds. The van der Waals surface area contributed by atoms with E-state index in [2.05, 4.69) is 19.9 Å². The third kappa shape index (κ3) is 2.93.